The summed E-state index contributed by atoms with van der Waals surface area (Å²) < 4.78 is 31.9. The molecule has 1 unspecified atom stereocenters. The number of aliphatic hydroxyl groups is 1. The van der Waals surface area contributed by atoms with E-state index in [-0.39, 0.29) is 22.4 Å². The van der Waals surface area contributed by atoms with Crippen LogP contribution in [0.25, 0.3) is 0 Å². The maximum absolute atomic E-state index is 12.7. The number of nitrogens with zero attached hydrogens (tertiary/aromatic N) is 1. The number of piperidine rings is 1. The third-order valence-corrected chi connectivity index (χ3v) is 5.93. The first kappa shape index (κ1) is 16.7. The number of benzene rings is 1. The predicted molar refractivity (Wildman–Crippen MR) is 80.7 cm³/mol. The molecule has 1 fully saturated rings. The zero-order chi connectivity index (χ0) is 15.5. The van der Waals surface area contributed by atoms with Crippen molar-refractivity contribution in [3.63, 3.8) is 0 Å². The Hall–Kier alpha value is -0.660. The van der Waals surface area contributed by atoms with Gasteiger partial charge in [-0.15, -0.1) is 0 Å². The van der Waals surface area contributed by atoms with Gasteiger partial charge in [0.2, 0.25) is 10.0 Å². The zero-order valence-electron chi connectivity index (χ0n) is 12.0. The third-order valence-electron chi connectivity index (χ3n) is 3.72. The van der Waals surface area contributed by atoms with Crippen LogP contribution < -0.4 is 0 Å². The molecular formula is C14H20ClNO4S. The number of rotatable bonds is 5. The van der Waals surface area contributed by atoms with Gasteiger partial charge in [-0.05, 0) is 36.5 Å². The second-order valence-electron chi connectivity index (χ2n) is 5.24. The maximum atomic E-state index is 12.7. The molecule has 0 bridgehead atoms. The van der Waals surface area contributed by atoms with Crippen molar-refractivity contribution in [1.29, 1.82) is 0 Å². The van der Waals surface area contributed by atoms with Crippen molar-refractivity contribution in [3.8, 4) is 0 Å². The lowest BCUT2D eigenvalue weighted by Gasteiger charge is -2.31. The summed E-state index contributed by atoms with van der Waals surface area (Å²) in [5.74, 6) is 0.228. The molecule has 0 spiro atoms. The SMILES string of the molecule is COCC1CCCN(S(=O)(=O)c2ccc(CO)c(Cl)c2)C1. The molecule has 1 aliphatic heterocycles. The molecule has 1 aromatic rings. The van der Waals surface area contributed by atoms with Gasteiger partial charge in [-0.1, -0.05) is 17.7 Å². The van der Waals surface area contributed by atoms with Gasteiger partial charge in [0.1, 0.15) is 0 Å². The van der Waals surface area contributed by atoms with E-state index in [0.29, 0.717) is 25.3 Å². The van der Waals surface area contributed by atoms with Crippen LogP contribution in [-0.2, 0) is 21.4 Å². The van der Waals surface area contributed by atoms with Crippen molar-refractivity contribution in [2.75, 3.05) is 26.8 Å². The highest BCUT2D eigenvalue weighted by Crippen LogP contribution is 2.27. The van der Waals surface area contributed by atoms with E-state index in [0.717, 1.165) is 12.8 Å². The summed E-state index contributed by atoms with van der Waals surface area (Å²) in [6.07, 6.45) is 1.81. The Morgan fingerprint density at radius 2 is 2.24 bits per heavy atom. The molecule has 1 atom stereocenters. The maximum Gasteiger partial charge on any atom is 0.243 e. The van der Waals surface area contributed by atoms with Gasteiger partial charge in [-0.3, -0.25) is 0 Å². The van der Waals surface area contributed by atoms with Crippen molar-refractivity contribution >= 4 is 21.6 Å². The lowest BCUT2D eigenvalue weighted by atomic mass is 10.0. The summed E-state index contributed by atoms with van der Waals surface area (Å²) in [4.78, 5) is 0.169. The van der Waals surface area contributed by atoms with Crippen LogP contribution in [0.15, 0.2) is 23.1 Å². The zero-order valence-corrected chi connectivity index (χ0v) is 13.5. The fourth-order valence-electron chi connectivity index (χ4n) is 2.58. The molecule has 0 aliphatic carbocycles. The predicted octanol–water partition coefficient (Wildman–Crippen LogP) is 1.88. The van der Waals surface area contributed by atoms with E-state index in [9.17, 15) is 8.42 Å². The number of hydrogen-bond donors (Lipinski definition) is 1. The second kappa shape index (κ2) is 7.07. The molecular weight excluding hydrogens is 314 g/mol. The lowest BCUT2D eigenvalue weighted by molar-refractivity contribution is 0.118. The van der Waals surface area contributed by atoms with Crippen molar-refractivity contribution in [2.45, 2.75) is 24.3 Å². The fourth-order valence-corrected chi connectivity index (χ4v) is 4.47. The second-order valence-corrected chi connectivity index (χ2v) is 7.58. The lowest BCUT2D eigenvalue weighted by Crippen LogP contribution is -2.41. The number of sulfonamides is 1. The van der Waals surface area contributed by atoms with Gasteiger partial charge in [0.15, 0.2) is 0 Å². The van der Waals surface area contributed by atoms with Gasteiger partial charge in [0.25, 0.3) is 0 Å². The fraction of sp³-hybridized carbons (Fsp3) is 0.571. The van der Waals surface area contributed by atoms with E-state index >= 15 is 0 Å². The van der Waals surface area contributed by atoms with Gasteiger partial charge in [0, 0.05) is 25.2 Å². The van der Waals surface area contributed by atoms with E-state index in [1.807, 2.05) is 0 Å². The average Bonchev–Trinajstić information content (AvgIpc) is 2.48. The van der Waals surface area contributed by atoms with Crippen LogP contribution >= 0.6 is 11.6 Å². The monoisotopic (exact) mass is 333 g/mol. The Kier molecular flexibility index (Phi) is 5.62. The number of halogens is 1. The van der Waals surface area contributed by atoms with Gasteiger partial charge in [-0.2, -0.15) is 4.31 Å². The van der Waals surface area contributed by atoms with Crippen LogP contribution in [-0.4, -0.2) is 44.6 Å². The first-order valence-corrected chi connectivity index (χ1v) is 8.69. The molecule has 2 rings (SSSR count). The molecule has 0 amide bonds. The summed E-state index contributed by atoms with van der Waals surface area (Å²) >= 11 is 5.99. The van der Waals surface area contributed by atoms with Crippen LogP contribution in [0.5, 0.6) is 0 Å². The molecule has 1 N–H and O–H groups in total. The van der Waals surface area contributed by atoms with Crippen LogP contribution in [0.1, 0.15) is 18.4 Å². The smallest absolute Gasteiger partial charge is 0.243 e. The Labute approximate surface area is 130 Å². The molecule has 0 radical (unpaired) electrons. The molecule has 1 heterocycles. The van der Waals surface area contributed by atoms with Crippen LogP contribution in [0.3, 0.4) is 0 Å². The Morgan fingerprint density at radius 3 is 2.86 bits per heavy atom. The highest BCUT2D eigenvalue weighted by molar-refractivity contribution is 7.89. The number of ether oxygens (including phenoxy) is 1. The van der Waals surface area contributed by atoms with Gasteiger partial charge < -0.3 is 9.84 Å². The quantitative estimate of drug-likeness (QED) is 0.893. The van der Waals surface area contributed by atoms with Crippen molar-refractivity contribution in [2.24, 2.45) is 5.92 Å². The van der Waals surface area contributed by atoms with Crippen molar-refractivity contribution in [1.82, 2.24) is 4.31 Å². The Balaban J connectivity index is 2.23. The molecule has 118 valence electrons. The largest absolute Gasteiger partial charge is 0.392 e. The van der Waals surface area contributed by atoms with E-state index in [2.05, 4.69) is 0 Å². The number of hydrogen-bond acceptors (Lipinski definition) is 4. The molecule has 1 aromatic carbocycles. The highest BCUT2D eigenvalue weighted by Gasteiger charge is 2.30. The van der Waals surface area contributed by atoms with E-state index < -0.39 is 10.0 Å². The molecule has 5 nitrogen and oxygen atoms in total. The average molecular weight is 334 g/mol. The summed E-state index contributed by atoms with van der Waals surface area (Å²) in [6.45, 7) is 1.34. The van der Waals surface area contributed by atoms with Crippen LogP contribution in [0.4, 0.5) is 0 Å². The minimum Gasteiger partial charge on any atom is -0.392 e. The molecule has 0 aromatic heterocycles. The van der Waals surface area contributed by atoms with E-state index in [1.165, 1.54) is 16.4 Å². The molecule has 21 heavy (non-hydrogen) atoms. The summed E-state index contributed by atoms with van der Waals surface area (Å²) in [6, 6.07) is 4.45. The molecule has 7 heteroatoms. The topological polar surface area (TPSA) is 66.8 Å². The van der Waals surface area contributed by atoms with E-state index in [1.54, 1.807) is 13.2 Å². The number of aliphatic hydroxyl groups excluding tert-OH is 1. The van der Waals surface area contributed by atoms with E-state index in [4.69, 9.17) is 21.4 Å². The standard InChI is InChI=1S/C14H20ClNO4S/c1-20-10-11-3-2-6-16(8-11)21(18,19)13-5-4-12(9-17)14(15)7-13/h4-5,7,11,17H,2-3,6,8-10H2,1H3. The highest BCUT2D eigenvalue weighted by atomic mass is 35.5. The van der Waals surface area contributed by atoms with Crippen molar-refractivity contribution < 1.29 is 18.3 Å². The minimum absolute atomic E-state index is 0.169. The van der Waals surface area contributed by atoms with Crippen molar-refractivity contribution in [3.05, 3.63) is 28.8 Å². The number of methoxy groups -OCH3 is 1. The van der Waals surface area contributed by atoms with Gasteiger partial charge in [-0.25, -0.2) is 8.42 Å². The van der Waals surface area contributed by atoms with Gasteiger partial charge >= 0.3 is 0 Å². The Bertz CT molecular complexity index is 589. The molecule has 0 saturated carbocycles. The Morgan fingerprint density at radius 1 is 1.48 bits per heavy atom. The molecule has 1 saturated heterocycles. The normalized spacial score (nSPS) is 20.6. The molecule has 1 aliphatic rings. The van der Waals surface area contributed by atoms with Crippen LogP contribution in [0, 0.1) is 5.92 Å². The van der Waals surface area contributed by atoms with Crippen LogP contribution in [0.2, 0.25) is 5.02 Å². The van der Waals surface area contributed by atoms with Gasteiger partial charge in [0.05, 0.1) is 18.1 Å². The third kappa shape index (κ3) is 3.76. The minimum atomic E-state index is -3.55. The summed E-state index contributed by atoms with van der Waals surface area (Å²) in [5.41, 5.74) is 0.520. The first-order chi connectivity index (χ1) is 9.98. The summed E-state index contributed by atoms with van der Waals surface area (Å²) in [5, 5.41) is 9.36. The summed E-state index contributed by atoms with van der Waals surface area (Å²) in [7, 11) is -1.92. The first-order valence-electron chi connectivity index (χ1n) is 6.87.